The van der Waals surface area contributed by atoms with Crippen LogP contribution in [0.2, 0.25) is 0 Å². The quantitative estimate of drug-likeness (QED) is 0.811. The predicted octanol–water partition coefficient (Wildman–Crippen LogP) is 3.24. The second-order valence-corrected chi connectivity index (χ2v) is 4.95. The van der Waals surface area contributed by atoms with E-state index in [0.717, 1.165) is 19.5 Å². The summed E-state index contributed by atoms with van der Waals surface area (Å²) < 4.78 is 4.44. The average Bonchev–Trinajstić information content (AvgIpc) is 2.87. The molecule has 2 rings (SSSR count). The fourth-order valence-corrected chi connectivity index (χ4v) is 2.36. The number of hydrogen-bond acceptors (Lipinski definition) is 1. The van der Waals surface area contributed by atoms with Crippen LogP contribution in [0.5, 0.6) is 0 Å². The summed E-state index contributed by atoms with van der Waals surface area (Å²) in [6, 6.07) is 2.23. The lowest BCUT2D eigenvalue weighted by Crippen LogP contribution is -2.08. The summed E-state index contributed by atoms with van der Waals surface area (Å²) in [5.41, 5.74) is 6.60. The summed E-state index contributed by atoms with van der Waals surface area (Å²) in [6.45, 7) is 12.7. The Morgan fingerprint density at radius 1 is 1.17 bits per heavy atom. The molecule has 0 N–H and O–H groups in total. The van der Waals surface area contributed by atoms with E-state index in [-0.39, 0.29) is 0 Å². The standard InChI is InChI=1S/C15H23N3/c1-6-14-8-15(18(7-2)16-14)10-17-9-11(3)12(4)13(17)5/h8-9H,6-7,10H2,1-5H3. The first-order valence-corrected chi connectivity index (χ1v) is 6.75. The predicted molar refractivity (Wildman–Crippen MR) is 75.0 cm³/mol. The van der Waals surface area contributed by atoms with Crippen LogP contribution in [0.1, 0.15) is 42.1 Å². The molecule has 0 amide bonds. The molecule has 3 nitrogen and oxygen atoms in total. The van der Waals surface area contributed by atoms with Crippen LogP contribution in [0.15, 0.2) is 12.3 Å². The molecule has 0 atom stereocenters. The van der Waals surface area contributed by atoms with Gasteiger partial charge < -0.3 is 4.57 Å². The smallest absolute Gasteiger partial charge is 0.0642 e. The monoisotopic (exact) mass is 245 g/mol. The third-order valence-corrected chi connectivity index (χ3v) is 3.82. The molecule has 2 aromatic heterocycles. The van der Waals surface area contributed by atoms with Crippen molar-refractivity contribution < 1.29 is 0 Å². The lowest BCUT2D eigenvalue weighted by atomic mass is 10.2. The minimum atomic E-state index is 0.918. The molecule has 0 bridgehead atoms. The van der Waals surface area contributed by atoms with Crippen LogP contribution < -0.4 is 0 Å². The molecule has 2 aromatic rings. The van der Waals surface area contributed by atoms with Gasteiger partial charge in [-0.1, -0.05) is 6.92 Å². The Kier molecular flexibility index (Phi) is 3.60. The van der Waals surface area contributed by atoms with E-state index < -0.39 is 0 Å². The molecule has 0 saturated heterocycles. The molecule has 0 spiro atoms. The van der Waals surface area contributed by atoms with Gasteiger partial charge in [-0.15, -0.1) is 0 Å². The molecule has 0 aliphatic carbocycles. The minimum absolute atomic E-state index is 0.918. The summed E-state index contributed by atoms with van der Waals surface area (Å²) in [5, 5.41) is 4.61. The van der Waals surface area contributed by atoms with Crippen LogP contribution in [0.3, 0.4) is 0 Å². The van der Waals surface area contributed by atoms with Gasteiger partial charge in [-0.2, -0.15) is 5.10 Å². The van der Waals surface area contributed by atoms with Crippen LogP contribution in [0, 0.1) is 20.8 Å². The van der Waals surface area contributed by atoms with Gasteiger partial charge in [-0.25, -0.2) is 0 Å². The van der Waals surface area contributed by atoms with Crippen LogP contribution >= 0.6 is 0 Å². The maximum Gasteiger partial charge on any atom is 0.0642 e. The van der Waals surface area contributed by atoms with Gasteiger partial charge >= 0.3 is 0 Å². The zero-order valence-electron chi connectivity index (χ0n) is 12.1. The Morgan fingerprint density at radius 3 is 2.39 bits per heavy atom. The molecule has 18 heavy (non-hydrogen) atoms. The highest BCUT2D eigenvalue weighted by Crippen LogP contribution is 2.17. The second kappa shape index (κ2) is 5.01. The van der Waals surface area contributed by atoms with Crippen LogP contribution in [0.25, 0.3) is 0 Å². The van der Waals surface area contributed by atoms with Crippen molar-refractivity contribution in [3.8, 4) is 0 Å². The fraction of sp³-hybridized carbons (Fsp3) is 0.533. The molecule has 3 heteroatoms. The second-order valence-electron chi connectivity index (χ2n) is 4.95. The van der Waals surface area contributed by atoms with Gasteiger partial charge in [0.2, 0.25) is 0 Å². The molecule has 98 valence electrons. The van der Waals surface area contributed by atoms with Crippen molar-refractivity contribution in [1.82, 2.24) is 14.3 Å². The van der Waals surface area contributed by atoms with E-state index >= 15 is 0 Å². The Bertz CT molecular complexity index is 546. The molecular formula is C15H23N3. The molecule has 0 unspecified atom stereocenters. The zero-order chi connectivity index (χ0) is 13.3. The Hall–Kier alpha value is -1.51. The first-order chi connectivity index (χ1) is 8.56. The van der Waals surface area contributed by atoms with Gasteiger partial charge in [-0.05, 0) is 51.3 Å². The molecule has 0 aromatic carbocycles. The summed E-state index contributed by atoms with van der Waals surface area (Å²) in [6.07, 6.45) is 3.24. The molecular weight excluding hydrogens is 222 g/mol. The van der Waals surface area contributed by atoms with E-state index in [1.807, 2.05) is 0 Å². The Morgan fingerprint density at radius 2 is 1.89 bits per heavy atom. The van der Waals surface area contributed by atoms with Crippen molar-refractivity contribution in [3.05, 3.63) is 40.5 Å². The molecule has 0 aliphatic rings. The molecule has 0 saturated carbocycles. The highest BCUT2D eigenvalue weighted by molar-refractivity contribution is 5.29. The van der Waals surface area contributed by atoms with Crippen LogP contribution in [0.4, 0.5) is 0 Å². The van der Waals surface area contributed by atoms with Crippen LogP contribution in [-0.4, -0.2) is 14.3 Å². The SMILES string of the molecule is CCc1cc(Cn2cc(C)c(C)c2C)n(CC)n1. The lowest BCUT2D eigenvalue weighted by molar-refractivity contribution is 0.592. The maximum atomic E-state index is 4.61. The van der Waals surface area contributed by atoms with E-state index in [1.165, 1.54) is 28.2 Å². The van der Waals surface area contributed by atoms with Gasteiger partial charge in [0.1, 0.15) is 0 Å². The molecule has 0 aliphatic heterocycles. The average molecular weight is 245 g/mol. The van der Waals surface area contributed by atoms with Crippen molar-refractivity contribution in [1.29, 1.82) is 0 Å². The topological polar surface area (TPSA) is 22.8 Å². The van der Waals surface area contributed by atoms with Gasteiger partial charge in [0.15, 0.2) is 0 Å². The Labute approximate surface area is 109 Å². The number of rotatable bonds is 4. The molecule has 0 fully saturated rings. The number of nitrogens with zero attached hydrogens (tertiary/aromatic N) is 3. The van der Waals surface area contributed by atoms with E-state index in [9.17, 15) is 0 Å². The maximum absolute atomic E-state index is 4.61. The van der Waals surface area contributed by atoms with Crippen molar-refractivity contribution in [2.75, 3.05) is 0 Å². The van der Waals surface area contributed by atoms with Crippen molar-refractivity contribution in [3.63, 3.8) is 0 Å². The lowest BCUT2D eigenvalue weighted by Gasteiger charge is -2.08. The first-order valence-electron chi connectivity index (χ1n) is 6.75. The zero-order valence-corrected chi connectivity index (χ0v) is 12.1. The summed E-state index contributed by atoms with van der Waals surface area (Å²) in [5.74, 6) is 0. The third-order valence-electron chi connectivity index (χ3n) is 3.82. The summed E-state index contributed by atoms with van der Waals surface area (Å²) in [4.78, 5) is 0. The van der Waals surface area contributed by atoms with E-state index in [4.69, 9.17) is 0 Å². The van der Waals surface area contributed by atoms with Crippen LogP contribution in [-0.2, 0) is 19.5 Å². The van der Waals surface area contributed by atoms with Crippen molar-refractivity contribution in [2.45, 2.75) is 54.1 Å². The van der Waals surface area contributed by atoms with Gasteiger partial charge in [0.25, 0.3) is 0 Å². The van der Waals surface area contributed by atoms with E-state index in [0.29, 0.717) is 0 Å². The van der Waals surface area contributed by atoms with E-state index in [2.05, 4.69) is 61.2 Å². The van der Waals surface area contributed by atoms with Gasteiger partial charge in [0.05, 0.1) is 17.9 Å². The highest BCUT2D eigenvalue weighted by Gasteiger charge is 2.10. The van der Waals surface area contributed by atoms with Gasteiger partial charge in [0, 0.05) is 18.4 Å². The molecule has 2 heterocycles. The third kappa shape index (κ3) is 2.22. The first kappa shape index (κ1) is 12.9. The molecule has 0 radical (unpaired) electrons. The number of aromatic nitrogens is 3. The van der Waals surface area contributed by atoms with Crippen molar-refractivity contribution in [2.24, 2.45) is 0 Å². The number of aryl methyl sites for hydroxylation is 3. The summed E-state index contributed by atoms with van der Waals surface area (Å²) in [7, 11) is 0. The Balaban J connectivity index is 2.33. The van der Waals surface area contributed by atoms with Gasteiger partial charge in [-0.3, -0.25) is 4.68 Å². The minimum Gasteiger partial charge on any atom is -0.345 e. The number of hydrogen-bond donors (Lipinski definition) is 0. The van der Waals surface area contributed by atoms with Crippen molar-refractivity contribution >= 4 is 0 Å². The normalized spacial score (nSPS) is 11.2. The van der Waals surface area contributed by atoms with E-state index in [1.54, 1.807) is 0 Å². The summed E-state index contributed by atoms with van der Waals surface area (Å²) >= 11 is 0. The largest absolute Gasteiger partial charge is 0.345 e. The fourth-order valence-electron chi connectivity index (χ4n) is 2.36. The highest BCUT2D eigenvalue weighted by atomic mass is 15.3.